The van der Waals surface area contributed by atoms with Gasteiger partial charge in [0.1, 0.15) is 5.82 Å². The van der Waals surface area contributed by atoms with Gasteiger partial charge >= 0.3 is 0 Å². The van der Waals surface area contributed by atoms with E-state index in [1.54, 1.807) is 6.20 Å². The van der Waals surface area contributed by atoms with Gasteiger partial charge in [0, 0.05) is 25.9 Å². The van der Waals surface area contributed by atoms with Crippen LogP contribution in [0, 0.1) is 11.2 Å². The number of aliphatic hydroxyl groups excluding tert-OH is 1. The van der Waals surface area contributed by atoms with Gasteiger partial charge in [-0.1, -0.05) is 0 Å². The Bertz CT molecular complexity index is 353. The predicted molar refractivity (Wildman–Crippen MR) is 59.3 cm³/mol. The van der Waals surface area contributed by atoms with Crippen molar-refractivity contribution < 1.29 is 9.50 Å². The molecule has 88 valence electrons. The van der Waals surface area contributed by atoms with Crippen molar-refractivity contribution in [1.82, 2.24) is 10.3 Å². The van der Waals surface area contributed by atoms with E-state index < -0.39 is 0 Å². The second-order valence-corrected chi connectivity index (χ2v) is 4.59. The largest absolute Gasteiger partial charge is 0.396 e. The molecule has 1 aromatic rings. The van der Waals surface area contributed by atoms with E-state index in [1.165, 1.54) is 25.1 Å². The molecule has 0 amide bonds. The lowest BCUT2D eigenvalue weighted by Gasteiger charge is -2.14. The molecule has 0 aromatic carbocycles. The van der Waals surface area contributed by atoms with Crippen molar-refractivity contribution in [1.29, 1.82) is 0 Å². The highest BCUT2D eigenvalue weighted by molar-refractivity contribution is 5.10. The number of halogens is 1. The van der Waals surface area contributed by atoms with E-state index in [9.17, 15) is 4.39 Å². The molecule has 1 saturated carbocycles. The Hall–Kier alpha value is -1.00. The van der Waals surface area contributed by atoms with Gasteiger partial charge in [-0.15, -0.1) is 0 Å². The van der Waals surface area contributed by atoms with E-state index >= 15 is 0 Å². The Morgan fingerprint density at radius 2 is 2.25 bits per heavy atom. The molecule has 0 atom stereocenters. The standard InChI is InChI=1S/C12H17FN2O/c13-11-5-10(6-14-8-11)7-15-9-12(1-2-12)3-4-16/h5-6,8,15-16H,1-4,7,9H2. The van der Waals surface area contributed by atoms with Gasteiger partial charge < -0.3 is 10.4 Å². The van der Waals surface area contributed by atoms with Gasteiger partial charge in [0.2, 0.25) is 0 Å². The lowest BCUT2D eigenvalue weighted by atomic mass is 10.0. The maximum absolute atomic E-state index is 12.8. The fourth-order valence-electron chi connectivity index (χ4n) is 1.95. The SMILES string of the molecule is OCCC1(CNCc2cncc(F)c2)CC1. The summed E-state index contributed by atoms with van der Waals surface area (Å²) >= 11 is 0. The van der Waals surface area contributed by atoms with Gasteiger partial charge in [-0.25, -0.2) is 4.39 Å². The summed E-state index contributed by atoms with van der Waals surface area (Å²) in [4.78, 5) is 3.80. The third-order valence-electron chi connectivity index (χ3n) is 3.19. The van der Waals surface area contributed by atoms with Gasteiger partial charge in [0.15, 0.2) is 0 Å². The lowest BCUT2D eigenvalue weighted by Crippen LogP contribution is -2.24. The third-order valence-corrected chi connectivity index (χ3v) is 3.19. The van der Waals surface area contributed by atoms with Crippen LogP contribution in [0.1, 0.15) is 24.8 Å². The zero-order chi connectivity index (χ0) is 11.4. The number of hydrogen-bond donors (Lipinski definition) is 2. The molecular formula is C12H17FN2O. The topological polar surface area (TPSA) is 45.1 Å². The van der Waals surface area contributed by atoms with Gasteiger partial charge in [0.25, 0.3) is 0 Å². The summed E-state index contributed by atoms with van der Waals surface area (Å²) in [5.74, 6) is -0.296. The first-order valence-corrected chi connectivity index (χ1v) is 5.65. The highest BCUT2D eigenvalue weighted by atomic mass is 19.1. The van der Waals surface area contributed by atoms with Gasteiger partial charge in [-0.05, 0) is 36.3 Å². The normalized spacial score (nSPS) is 17.4. The Labute approximate surface area is 94.7 Å². The number of nitrogens with one attached hydrogen (secondary N) is 1. The molecule has 1 fully saturated rings. The molecule has 1 heterocycles. The number of pyridine rings is 1. The summed E-state index contributed by atoms with van der Waals surface area (Å²) in [5, 5.41) is 12.2. The molecular weight excluding hydrogens is 207 g/mol. The van der Waals surface area contributed by atoms with Crippen molar-refractivity contribution in [2.24, 2.45) is 5.41 Å². The van der Waals surface area contributed by atoms with Crippen molar-refractivity contribution >= 4 is 0 Å². The first kappa shape index (κ1) is 11.5. The molecule has 4 heteroatoms. The summed E-state index contributed by atoms with van der Waals surface area (Å²) in [5.41, 5.74) is 1.16. The van der Waals surface area contributed by atoms with E-state index in [0.717, 1.165) is 18.5 Å². The van der Waals surface area contributed by atoms with E-state index in [-0.39, 0.29) is 12.4 Å². The van der Waals surface area contributed by atoms with E-state index in [1.807, 2.05) is 0 Å². The van der Waals surface area contributed by atoms with Crippen LogP contribution in [0.5, 0.6) is 0 Å². The number of nitrogens with zero attached hydrogens (tertiary/aromatic N) is 1. The summed E-state index contributed by atoms with van der Waals surface area (Å²) in [6, 6.07) is 1.49. The van der Waals surface area contributed by atoms with Crippen molar-refractivity contribution in [3.63, 3.8) is 0 Å². The number of hydrogen-bond acceptors (Lipinski definition) is 3. The van der Waals surface area contributed by atoms with E-state index in [2.05, 4.69) is 10.3 Å². The Morgan fingerprint density at radius 1 is 1.44 bits per heavy atom. The zero-order valence-electron chi connectivity index (χ0n) is 9.25. The molecule has 0 saturated heterocycles. The molecule has 0 unspecified atom stereocenters. The van der Waals surface area contributed by atoms with Crippen molar-refractivity contribution in [2.75, 3.05) is 13.2 Å². The maximum Gasteiger partial charge on any atom is 0.141 e. The minimum Gasteiger partial charge on any atom is -0.396 e. The van der Waals surface area contributed by atoms with Crippen molar-refractivity contribution in [3.05, 3.63) is 29.8 Å². The predicted octanol–water partition coefficient (Wildman–Crippen LogP) is 1.47. The van der Waals surface area contributed by atoms with Crippen LogP contribution in [-0.2, 0) is 6.54 Å². The van der Waals surface area contributed by atoms with Crippen LogP contribution in [0.4, 0.5) is 4.39 Å². The molecule has 16 heavy (non-hydrogen) atoms. The highest BCUT2D eigenvalue weighted by Crippen LogP contribution is 2.47. The van der Waals surface area contributed by atoms with Crippen molar-refractivity contribution in [2.45, 2.75) is 25.8 Å². The Kier molecular flexibility index (Phi) is 3.51. The molecule has 0 aliphatic heterocycles. The minimum atomic E-state index is -0.296. The molecule has 0 spiro atoms. The number of aromatic nitrogens is 1. The maximum atomic E-state index is 12.8. The van der Waals surface area contributed by atoms with Crippen LogP contribution in [0.25, 0.3) is 0 Å². The van der Waals surface area contributed by atoms with Crippen LogP contribution in [0.15, 0.2) is 18.5 Å². The number of aliphatic hydroxyl groups is 1. The highest BCUT2D eigenvalue weighted by Gasteiger charge is 2.41. The first-order valence-electron chi connectivity index (χ1n) is 5.65. The second kappa shape index (κ2) is 4.89. The Morgan fingerprint density at radius 3 is 2.88 bits per heavy atom. The van der Waals surface area contributed by atoms with E-state index in [4.69, 9.17) is 5.11 Å². The van der Waals surface area contributed by atoms with E-state index in [0.29, 0.717) is 12.0 Å². The zero-order valence-corrected chi connectivity index (χ0v) is 9.25. The third kappa shape index (κ3) is 3.00. The lowest BCUT2D eigenvalue weighted by molar-refractivity contribution is 0.245. The average Bonchev–Trinajstić information content (AvgIpc) is 2.99. The van der Waals surface area contributed by atoms with Crippen LogP contribution in [0.2, 0.25) is 0 Å². The molecule has 1 aliphatic rings. The van der Waals surface area contributed by atoms with Gasteiger partial charge in [-0.2, -0.15) is 0 Å². The molecule has 1 aromatic heterocycles. The van der Waals surface area contributed by atoms with Crippen LogP contribution in [-0.4, -0.2) is 23.2 Å². The minimum absolute atomic E-state index is 0.253. The molecule has 0 bridgehead atoms. The monoisotopic (exact) mass is 224 g/mol. The average molecular weight is 224 g/mol. The fourth-order valence-corrected chi connectivity index (χ4v) is 1.95. The fraction of sp³-hybridized carbons (Fsp3) is 0.583. The summed E-state index contributed by atoms with van der Waals surface area (Å²) in [6.45, 7) is 1.78. The van der Waals surface area contributed by atoms with Crippen LogP contribution < -0.4 is 5.32 Å². The Balaban J connectivity index is 1.76. The van der Waals surface area contributed by atoms with Crippen LogP contribution >= 0.6 is 0 Å². The van der Waals surface area contributed by atoms with Crippen molar-refractivity contribution in [3.8, 4) is 0 Å². The smallest absolute Gasteiger partial charge is 0.141 e. The summed E-state index contributed by atoms with van der Waals surface area (Å²) < 4.78 is 12.8. The molecule has 1 aliphatic carbocycles. The molecule has 2 rings (SSSR count). The van der Waals surface area contributed by atoms with Gasteiger partial charge in [0.05, 0.1) is 6.20 Å². The molecule has 0 radical (unpaired) electrons. The van der Waals surface area contributed by atoms with Crippen LogP contribution in [0.3, 0.4) is 0 Å². The van der Waals surface area contributed by atoms with Gasteiger partial charge in [-0.3, -0.25) is 4.98 Å². The quantitative estimate of drug-likeness (QED) is 0.769. The first-order chi connectivity index (χ1) is 7.74. The molecule has 2 N–H and O–H groups in total. The second-order valence-electron chi connectivity index (χ2n) is 4.59. The summed E-state index contributed by atoms with van der Waals surface area (Å²) in [7, 11) is 0. The number of rotatable bonds is 6. The summed E-state index contributed by atoms with van der Waals surface area (Å²) in [6.07, 6.45) is 6.10. The molecule has 3 nitrogen and oxygen atoms in total.